The van der Waals surface area contributed by atoms with Crippen LogP contribution in [0.2, 0.25) is 0 Å². The van der Waals surface area contributed by atoms with E-state index in [2.05, 4.69) is 79.4 Å². The van der Waals surface area contributed by atoms with E-state index in [1.807, 2.05) is 6.92 Å². The lowest BCUT2D eigenvalue weighted by atomic mass is 9.78. The zero-order valence-electron chi connectivity index (χ0n) is 20.6. The number of allylic oxidation sites excluding steroid dienone is 2. The molecule has 2 aromatic carbocycles. The Balaban J connectivity index is 1.22. The molecule has 1 heteroatoms. The average molecular weight is 441 g/mol. The van der Waals surface area contributed by atoms with Crippen LogP contribution in [0.15, 0.2) is 60.7 Å². The Morgan fingerprint density at radius 1 is 0.758 bits per heavy atom. The third-order valence-corrected chi connectivity index (χ3v) is 7.91. The van der Waals surface area contributed by atoms with Crippen molar-refractivity contribution in [3.63, 3.8) is 0 Å². The summed E-state index contributed by atoms with van der Waals surface area (Å²) in [5.74, 6) is 10.7. The molecule has 4 rings (SSSR count). The summed E-state index contributed by atoms with van der Waals surface area (Å²) < 4.78 is 5.57. The van der Waals surface area contributed by atoms with E-state index in [1.165, 1.54) is 68.9 Å². The normalized spacial score (nSPS) is 25.4. The maximum absolute atomic E-state index is 5.57. The van der Waals surface area contributed by atoms with Gasteiger partial charge in [-0.05, 0) is 123 Å². The van der Waals surface area contributed by atoms with E-state index in [4.69, 9.17) is 4.74 Å². The summed E-state index contributed by atoms with van der Waals surface area (Å²) in [6.45, 7) is 5.09. The minimum atomic E-state index is 0.666. The SMILES string of the molecule is CCOc1ccc([C@H]2CC[C@H](/C=C/C#Cc3ccc([C@H]4CC[C@H](CC)CC4)cc3)CC2)cc1. The first-order valence-corrected chi connectivity index (χ1v) is 13.3. The van der Waals surface area contributed by atoms with Gasteiger partial charge >= 0.3 is 0 Å². The van der Waals surface area contributed by atoms with Crippen molar-refractivity contribution in [1.29, 1.82) is 0 Å². The van der Waals surface area contributed by atoms with Gasteiger partial charge in [-0.25, -0.2) is 0 Å². The molecule has 0 unspecified atom stereocenters. The largest absolute Gasteiger partial charge is 0.494 e. The lowest BCUT2D eigenvalue weighted by Crippen LogP contribution is -2.12. The van der Waals surface area contributed by atoms with Crippen LogP contribution in [0, 0.1) is 23.7 Å². The first-order chi connectivity index (χ1) is 16.2. The second-order valence-electron chi connectivity index (χ2n) is 9.99. The lowest BCUT2D eigenvalue weighted by molar-refractivity contribution is 0.319. The van der Waals surface area contributed by atoms with Crippen molar-refractivity contribution in [2.45, 2.75) is 83.5 Å². The molecule has 0 atom stereocenters. The van der Waals surface area contributed by atoms with Crippen LogP contribution in [0.4, 0.5) is 0 Å². The summed E-state index contributed by atoms with van der Waals surface area (Å²) in [4.78, 5) is 0. The van der Waals surface area contributed by atoms with Gasteiger partial charge in [0.05, 0.1) is 6.61 Å². The van der Waals surface area contributed by atoms with Gasteiger partial charge in [0.25, 0.3) is 0 Å². The Bertz CT molecular complexity index is 925. The predicted molar refractivity (Wildman–Crippen MR) is 140 cm³/mol. The van der Waals surface area contributed by atoms with Gasteiger partial charge < -0.3 is 4.74 Å². The molecular formula is C32H40O. The van der Waals surface area contributed by atoms with Gasteiger partial charge in [0.2, 0.25) is 0 Å². The van der Waals surface area contributed by atoms with E-state index < -0.39 is 0 Å². The molecule has 1 nitrogen and oxygen atoms in total. The average Bonchev–Trinajstić information content (AvgIpc) is 2.88. The smallest absolute Gasteiger partial charge is 0.119 e. The summed E-state index contributed by atoms with van der Waals surface area (Å²) in [5, 5.41) is 0. The van der Waals surface area contributed by atoms with Gasteiger partial charge in [-0.1, -0.05) is 55.5 Å². The second-order valence-corrected chi connectivity index (χ2v) is 9.99. The Kier molecular flexibility index (Phi) is 8.71. The monoisotopic (exact) mass is 440 g/mol. The van der Waals surface area contributed by atoms with E-state index in [0.717, 1.165) is 29.8 Å². The summed E-state index contributed by atoms with van der Waals surface area (Å²) in [6.07, 6.45) is 16.3. The maximum atomic E-state index is 5.57. The van der Waals surface area contributed by atoms with Crippen molar-refractivity contribution in [1.82, 2.24) is 0 Å². The van der Waals surface area contributed by atoms with Gasteiger partial charge in [0, 0.05) is 5.56 Å². The van der Waals surface area contributed by atoms with E-state index in [1.54, 1.807) is 0 Å². The van der Waals surface area contributed by atoms with Crippen LogP contribution in [-0.2, 0) is 0 Å². The molecule has 0 amide bonds. The van der Waals surface area contributed by atoms with Crippen LogP contribution in [0.3, 0.4) is 0 Å². The molecule has 0 aliphatic heterocycles. The van der Waals surface area contributed by atoms with E-state index >= 15 is 0 Å². The maximum Gasteiger partial charge on any atom is 0.119 e. The molecule has 2 saturated carbocycles. The van der Waals surface area contributed by atoms with Gasteiger partial charge in [-0.2, -0.15) is 0 Å². The molecular weight excluding hydrogens is 400 g/mol. The third-order valence-electron chi connectivity index (χ3n) is 7.91. The van der Waals surface area contributed by atoms with E-state index in [9.17, 15) is 0 Å². The van der Waals surface area contributed by atoms with Crippen molar-refractivity contribution < 1.29 is 4.74 Å². The first kappa shape index (κ1) is 23.7. The van der Waals surface area contributed by atoms with Gasteiger partial charge in [-0.15, -0.1) is 0 Å². The highest BCUT2D eigenvalue weighted by Gasteiger charge is 2.21. The minimum Gasteiger partial charge on any atom is -0.494 e. The molecule has 33 heavy (non-hydrogen) atoms. The molecule has 0 saturated heterocycles. The summed E-state index contributed by atoms with van der Waals surface area (Å²) in [7, 11) is 0. The van der Waals surface area contributed by atoms with Crippen LogP contribution in [0.25, 0.3) is 0 Å². The summed E-state index contributed by atoms with van der Waals surface area (Å²) >= 11 is 0. The first-order valence-electron chi connectivity index (χ1n) is 13.3. The molecule has 0 radical (unpaired) electrons. The molecule has 2 fully saturated rings. The molecule has 2 aromatic rings. The zero-order valence-corrected chi connectivity index (χ0v) is 20.6. The standard InChI is InChI=1S/C32H40O/c1-3-25-9-15-28(16-10-25)29-17-11-26(12-18-29)7-5-6-8-27-13-19-30(20-14-27)31-21-23-32(24-22-31)33-4-2/h6,8,11-12,17-18,21-25,27-28,30H,3-4,9-10,13-16,19-20H2,1-2H3/b8-6+/t25-,27-,28-,30-. The molecule has 0 spiro atoms. The van der Waals surface area contributed by atoms with Crippen LogP contribution < -0.4 is 4.74 Å². The van der Waals surface area contributed by atoms with Crippen molar-refractivity contribution in [3.05, 3.63) is 77.4 Å². The number of hydrogen-bond donors (Lipinski definition) is 0. The van der Waals surface area contributed by atoms with E-state index in [-0.39, 0.29) is 0 Å². The van der Waals surface area contributed by atoms with Crippen molar-refractivity contribution in [2.75, 3.05) is 6.61 Å². The van der Waals surface area contributed by atoms with Crippen LogP contribution in [0.5, 0.6) is 5.75 Å². The highest BCUT2D eigenvalue weighted by atomic mass is 16.5. The molecule has 0 bridgehead atoms. The molecule has 174 valence electrons. The molecule has 0 aromatic heterocycles. The second kappa shape index (κ2) is 12.1. The molecule has 0 N–H and O–H groups in total. The molecule has 0 heterocycles. The van der Waals surface area contributed by atoms with Crippen molar-refractivity contribution in [3.8, 4) is 17.6 Å². The quantitative estimate of drug-likeness (QED) is 0.408. The lowest BCUT2D eigenvalue weighted by Gasteiger charge is -2.28. The Morgan fingerprint density at radius 3 is 1.91 bits per heavy atom. The van der Waals surface area contributed by atoms with Gasteiger partial charge in [0.15, 0.2) is 0 Å². The highest BCUT2D eigenvalue weighted by molar-refractivity contribution is 5.39. The van der Waals surface area contributed by atoms with Gasteiger partial charge in [-0.3, -0.25) is 0 Å². The number of rotatable bonds is 6. The fraction of sp³-hybridized carbons (Fsp3) is 0.500. The summed E-state index contributed by atoms with van der Waals surface area (Å²) in [6, 6.07) is 17.8. The molecule has 2 aliphatic rings. The summed E-state index contributed by atoms with van der Waals surface area (Å²) in [5.41, 5.74) is 4.10. The van der Waals surface area contributed by atoms with Crippen LogP contribution in [-0.4, -0.2) is 6.61 Å². The highest BCUT2D eigenvalue weighted by Crippen LogP contribution is 2.38. The zero-order chi connectivity index (χ0) is 22.9. The topological polar surface area (TPSA) is 9.23 Å². The molecule has 2 aliphatic carbocycles. The van der Waals surface area contributed by atoms with Crippen LogP contribution >= 0.6 is 0 Å². The van der Waals surface area contributed by atoms with Crippen LogP contribution in [0.1, 0.15) is 100 Å². The van der Waals surface area contributed by atoms with Gasteiger partial charge in [0.1, 0.15) is 5.75 Å². The van der Waals surface area contributed by atoms with E-state index in [0.29, 0.717) is 11.8 Å². The third kappa shape index (κ3) is 6.77. The van der Waals surface area contributed by atoms with Crippen molar-refractivity contribution in [2.24, 2.45) is 11.8 Å². The Hall–Kier alpha value is -2.46. The minimum absolute atomic E-state index is 0.666. The predicted octanol–water partition coefficient (Wildman–Crippen LogP) is 8.65. The Labute approximate surface area is 201 Å². The fourth-order valence-electron chi connectivity index (χ4n) is 5.70. The fourth-order valence-corrected chi connectivity index (χ4v) is 5.70. The number of ether oxygens (including phenoxy) is 1. The number of benzene rings is 2. The Morgan fingerprint density at radius 2 is 1.33 bits per heavy atom. The number of hydrogen-bond acceptors (Lipinski definition) is 1. The van der Waals surface area contributed by atoms with Crippen molar-refractivity contribution >= 4 is 0 Å².